The minimum Gasteiger partial charge on any atom is -0.428 e. The molecule has 4 fully saturated rings. The van der Waals surface area contributed by atoms with E-state index in [1.807, 2.05) is 13.0 Å². The van der Waals surface area contributed by atoms with Crippen LogP contribution in [0.15, 0.2) is 12.1 Å². The maximum atomic E-state index is 12.9. The lowest BCUT2D eigenvalue weighted by molar-refractivity contribution is -0.199. The number of nitrogens with zero attached hydrogens (tertiary/aromatic N) is 1. The molecule has 0 amide bonds. The molecule has 0 spiro atoms. The molecule has 7 nitrogen and oxygen atoms in total. The summed E-state index contributed by atoms with van der Waals surface area (Å²) in [7, 11) is -4.04. The van der Waals surface area contributed by atoms with Gasteiger partial charge < -0.3 is 23.0 Å². The third-order valence-corrected chi connectivity index (χ3v) is 17.5. The number of carbonyl (C=O) groups excluding carboxylic acids is 2. The maximum Gasteiger partial charge on any atom is 0.514 e. The molecule has 0 radical (unpaired) electrons. The molecule has 1 aromatic carbocycles. The van der Waals surface area contributed by atoms with E-state index in [0.717, 1.165) is 17.5 Å². The molecule has 1 aromatic rings. The van der Waals surface area contributed by atoms with E-state index in [0.29, 0.717) is 23.8 Å². The molecule has 3 saturated carbocycles. The molecule has 1 unspecified atom stereocenters. The van der Waals surface area contributed by atoms with Crippen molar-refractivity contribution in [1.82, 2.24) is 4.23 Å². The van der Waals surface area contributed by atoms with Crippen molar-refractivity contribution < 1.29 is 28.4 Å². The zero-order valence-electron chi connectivity index (χ0n) is 28.6. The molecule has 1 aliphatic heterocycles. The Labute approximate surface area is 256 Å². The van der Waals surface area contributed by atoms with Gasteiger partial charge in [0.1, 0.15) is 27.8 Å². The Morgan fingerprint density at radius 1 is 1.07 bits per heavy atom. The summed E-state index contributed by atoms with van der Waals surface area (Å²) >= 11 is 0. The highest BCUT2D eigenvalue weighted by Gasteiger charge is 2.69. The van der Waals surface area contributed by atoms with Crippen LogP contribution in [0.25, 0.3) is 0 Å². The number of Topliss-reactive ketones (excluding diaryl/α,β-unsaturated/α-hetero) is 1. The standard InChI is InChI=1S/C32H54BNO6Si2/c1-20-22(15-16-24(28(20)21(2)35)37-29(36)38-30(3,4)5)17-27(34(41(9,10)11)42(12,13)14)33-39-26-19-23-18-25(31(23,6)7)32(26,8)40-33/h15-16,23,25-27H,17-19H2,1-14H3/t23-,25-,26?,27-,32-/m0/s1. The van der Waals surface area contributed by atoms with Gasteiger partial charge >= 0.3 is 13.3 Å². The topological polar surface area (TPSA) is 74.3 Å². The molecule has 234 valence electrons. The second-order valence-corrected chi connectivity index (χ2v) is 26.8. The van der Waals surface area contributed by atoms with Gasteiger partial charge in [0.15, 0.2) is 5.78 Å². The number of ether oxygens (including phenoxy) is 2. The monoisotopic (exact) mass is 615 g/mol. The van der Waals surface area contributed by atoms with Crippen molar-refractivity contribution in [3.8, 4) is 5.75 Å². The largest absolute Gasteiger partial charge is 0.514 e. The lowest BCUT2D eigenvalue weighted by atomic mass is 9.43. The van der Waals surface area contributed by atoms with E-state index >= 15 is 0 Å². The Morgan fingerprint density at radius 2 is 1.67 bits per heavy atom. The molecule has 0 aromatic heterocycles. The molecule has 2 bridgehead atoms. The molecule has 5 atom stereocenters. The van der Waals surface area contributed by atoms with Crippen LogP contribution in [0, 0.1) is 24.2 Å². The molecule has 3 aliphatic carbocycles. The second-order valence-electron chi connectivity index (χ2n) is 16.7. The van der Waals surface area contributed by atoms with Crippen LogP contribution in [-0.2, 0) is 20.5 Å². The Bertz CT molecular complexity index is 1220. The summed E-state index contributed by atoms with van der Waals surface area (Å²) in [6, 6.07) is 3.73. The molecule has 4 aliphatic rings. The van der Waals surface area contributed by atoms with E-state index in [9.17, 15) is 9.59 Å². The third-order valence-electron chi connectivity index (χ3n) is 9.96. The number of benzene rings is 1. The van der Waals surface area contributed by atoms with Crippen molar-refractivity contribution in [2.75, 3.05) is 0 Å². The third kappa shape index (κ3) is 6.21. The van der Waals surface area contributed by atoms with Crippen molar-refractivity contribution in [3.63, 3.8) is 0 Å². The summed E-state index contributed by atoms with van der Waals surface area (Å²) in [6.07, 6.45) is 2.23. The molecular formula is C32H54BNO6Si2. The van der Waals surface area contributed by atoms with Crippen LogP contribution >= 0.6 is 0 Å². The maximum absolute atomic E-state index is 12.9. The number of ketones is 1. The molecule has 5 rings (SSSR count). The molecule has 42 heavy (non-hydrogen) atoms. The number of hydrogen-bond acceptors (Lipinski definition) is 7. The summed E-state index contributed by atoms with van der Waals surface area (Å²) in [5.74, 6) is 1.26. The van der Waals surface area contributed by atoms with Crippen molar-refractivity contribution in [2.45, 2.75) is 137 Å². The minimum absolute atomic E-state index is 0.00204. The van der Waals surface area contributed by atoms with Crippen molar-refractivity contribution in [1.29, 1.82) is 0 Å². The Kier molecular flexibility index (Phi) is 8.64. The van der Waals surface area contributed by atoms with Crippen LogP contribution in [0.5, 0.6) is 5.75 Å². The Morgan fingerprint density at radius 3 is 2.17 bits per heavy atom. The van der Waals surface area contributed by atoms with Crippen LogP contribution in [0.2, 0.25) is 39.3 Å². The molecule has 1 heterocycles. The summed E-state index contributed by atoms with van der Waals surface area (Å²) in [6.45, 7) is 30.4. The SMILES string of the molecule is CC(=O)c1c(OC(=O)OC(C)(C)C)ccc(C[C@@H](B2OC3C[C@@H]4C[C@@H](C4(C)C)[C@]3(C)O2)N([Si](C)(C)C)[Si](C)(C)C)c1C. The summed E-state index contributed by atoms with van der Waals surface area (Å²) < 4.78 is 27.8. The summed E-state index contributed by atoms with van der Waals surface area (Å²) in [5.41, 5.74) is 1.56. The van der Waals surface area contributed by atoms with Crippen LogP contribution in [0.4, 0.5) is 4.79 Å². The molecular weight excluding hydrogens is 561 g/mol. The van der Waals surface area contributed by atoms with Crippen LogP contribution in [-0.4, -0.2) is 63.0 Å². The fraction of sp³-hybridized carbons (Fsp3) is 0.750. The van der Waals surface area contributed by atoms with Gasteiger partial charge in [-0.3, -0.25) is 4.79 Å². The zero-order chi connectivity index (χ0) is 31.8. The van der Waals surface area contributed by atoms with Gasteiger partial charge in [-0.25, -0.2) is 4.79 Å². The predicted molar refractivity (Wildman–Crippen MR) is 174 cm³/mol. The zero-order valence-corrected chi connectivity index (χ0v) is 30.6. The first-order chi connectivity index (χ1) is 19.0. The normalized spacial score (nSPS) is 27.8. The first-order valence-electron chi connectivity index (χ1n) is 15.6. The first kappa shape index (κ1) is 33.4. The van der Waals surface area contributed by atoms with E-state index in [4.69, 9.17) is 18.8 Å². The summed E-state index contributed by atoms with van der Waals surface area (Å²) in [4.78, 5) is 25.4. The minimum atomic E-state index is -1.84. The quantitative estimate of drug-likeness (QED) is 0.129. The average molecular weight is 616 g/mol. The highest BCUT2D eigenvalue weighted by Crippen LogP contribution is 2.66. The van der Waals surface area contributed by atoms with Gasteiger partial charge in [-0.2, -0.15) is 0 Å². The Balaban J connectivity index is 1.73. The van der Waals surface area contributed by atoms with Gasteiger partial charge in [0.25, 0.3) is 0 Å². The number of rotatable bonds is 8. The van der Waals surface area contributed by atoms with Crippen molar-refractivity contribution in [2.24, 2.45) is 17.3 Å². The van der Waals surface area contributed by atoms with Gasteiger partial charge in [0.05, 0.1) is 17.3 Å². The number of carbonyl (C=O) groups is 2. The highest BCUT2D eigenvalue weighted by atomic mass is 28.4. The van der Waals surface area contributed by atoms with Gasteiger partial charge in [0.2, 0.25) is 0 Å². The summed E-state index contributed by atoms with van der Waals surface area (Å²) in [5, 5.41) is 0. The van der Waals surface area contributed by atoms with Crippen molar-refractivity contribution >= 4 is 35.5 Å². The molecule has 0 N–H and O–H groups in total. The van der Waals surface area contributed by atoms with Crippen molar-refractivity contribution in [3.05, 3.63) is 28.8 Å². The highest BCUT2D eigenvalue weighted by molar-refractivity contribution is 6.90. The van der Waals surface area contributed by atoms with Crippen LogP contribution in [0.1, 0.15) is 82.8 Å². The van der Waals surface area contributed by atoms with Gasteiger partial charge in [-0.15, -0.1) is 0 Å². The van der Waals surface area contributed by atoms with Crippen LogP contribution < -0.4 is 4.74 Å². The van der Waals surface area contributed by atoms with E-state index in [1.54, 1.807) is 26.8 Å². The lowest BCUT2D eigenvalue weighted by Gasteiger charge is -2.64. The molecule has 10 heteroatoms. The average Bonchev–Trinajstić information content (AvgIpc) is 3.13. The van der Waals surface area contributed by atoms with Gasteiger partial charge in [0, 0.05) is 5.94 Å². The fourth-order valence-electron chi connectivity index (χ4n) is 8.43. The Hall–Kier alpha value is -1.46. The van der Waals surface area contributed by atoms with E-state index in [1.165, 1.54) is 13.3 Å². The van der Waals surface area contributed by atoms with E-state index < -0.39 is 28.2 Å². The predicted octanol–water partition coefficient (Wildman–Crippen LogP) is 7.66. The van der Waals surface area contributed by atoms with E-state index in [2.05, 4.69) is 64.3 Å². The second kappa shape index (κ2) is 10.9. The lowest BCUT2D eigenvalue weighted by Crippen LogP contribution is -2.68. The number of hydrogen-bond donors (Lipinski definition) is 0. The van der Waals surface area contributed by atoms with Gasteiger partial charge in [-0.1, -0.05) is 59.2 Å². The molecule has 1 saturated heterocycles. The first-order valence-corrected chi connectivity index (χ1v) is 22.5. The van der Waals surface area contributed by atoms with Gasteiger partial charge in [-0.05, 0) is 95.2 Å². The van der Waals surface area contributed by atoms with Crippen LogP contribution in [0.3, 0.4) is 0 Å². The smallest absolute Gasteiger partial charge is 0.428 e. The fourth-order valence-corrected chi connectivity index (χ4v) is 18.9. The van der Waals surface area contributed by atoms with E-state index in [-0.39, 0.29) is 41.7 Å².